The van der Waals surface area contributed by atoms with Gasteiger partial charge in [-0.25, -0.2) is 0 Å². The minimum absolute atomic E-state index is 0.000677. The Morgan fingerprint density at radius 3 is 2.70 bits per heavy atom. The van der Waals surface area contributed by atoms with Crippen LogP contribution < -0.4 is 10.6 Å². The Labute approximate surface area is 138 Å². The summed E-state index contributed by atoms with van der Waals surface area (Å²) in [4.78, 5) is 12.6. The summed E-state index contributed by atoms with van der Waals surface area (Å²) in [5.41, 5.74) is -1.45. The van der Waals surface area contributed by atoms with Crippen molar-refractivity contribution in [2.45, 2.75) is 68.7 Å². The molecule has 1 heterocycles. The molecule has 0 aromatic carbocycles. The number of methoxy groups -OCH3 is 1. The molecule has 0 spiro atoms. The fourth-order valence-electron chi connectivity index (χ4n) is 4.69. The van der Waals surface area contributed by atoms with Gasteiger partial charge in [0.2, 0.25) is 5.91 Å². The average Bonchev–Trinajstić information content (AvgIpc) is 2.97. The first-order valence-electron chi connectivity index (χ1n) is 8.86. The Balaban J connectivity index is 1.69. The first-order valence-corrected chi connectivity index (χ1v) is 8.86. The van der Waals surface area contributed by atoms with Crippen LogP contribution in [0.15, 0.2) is 0 Å². The summed E-state index contributed by atoms with van der Waals surface area (Å²) in [5.74, 6) is -0.000677. The van der Waals surface area contributed by atoms with Crippen LogP contribution in [0.5, 0.6) is 0 Å². The molecule has 2 saturated carbocycles. The molecule has 0 aromatic heterocycles. The zero-order valence-corrected chi connectivity index (χ0v) is 14.3. The first-order chi connectivity index (χ1) is 11.0. The van der Waals surface area contributed by atoms with Crippen LogP contribution in [0, 0.1) is 5.41 Å². The van der Waals surface area contributed by atoms with Crippen molar-refractivity contribution in [1.82, 2.24) is 10.6 Å². The van der Waals surface area contributed by atoms with Crippen LogP contribution >= 0.6 is 0 Å². The molecular weight excluding hydrogens is 296 g/mol. The number of nitrogens with one attached hydrogen (secondary N) is 2. The van der Waals surface area contributed by atoms with E-state index >= 15 is 0 Å². The number of carbonyl (C=O) groups is 1. The third kappa shape index (κ3) is 2.90. The van der Waals surface area contributed by atoms with E-state index in [0.717, 1.165) is 45.1 Å². The van der Waals surface area contributed by atoms with Crippen molar-refractivity contribution < 1.29 is 19.4 Å². The molecular formula is C17H30N2O4. The summed E-state index contributed by atoms with van der Waals surface area (Å²) < 4.78 is 11.0. The summed E-state index contributed by atoms with van der Waals surface area (Å²) in [6.07, 6.45) is 5.86. The summed E-state index contributed by atoms with van der Waals surface area (Å²) in [5, 5.41) is 17.4. The lowest BCUT2D eigenvalue weighted by molar-refractivity contribution is -0.167. The fraction of sp³-hybridized carbons (Fsp3) is 0.941. The molecule has 3 N–H and O–H groups in total. The van der Waals surface area contributed by atoms with Crippen LogP contribution in [-0.4, -0.2) is 62.2 Å². The summed E-state index contributed by atoms with van der Waals surface area (Å²) in [7, 11) is 3.39. The van der Waals surface area contributed by atoms with Crippen molar-refractivity contribution in [3.63, 3.8) is 0 Å². The largest absolute Gasteiger partial charge is 0.389 e. The predicted octanol–water partition coefficient (Wildman–Crippen LogP) is 0.580. The van der Waals surface area contributed by atoms with Crippen LogP contribution in [0.3, 0.4) is 0 Å². The molecule has 4 atom stereocenters. The highest BCUT2D eigenvalue weighted by atomic mass is 16.5. The SMILES string of the molecule is CNC(=O)[C@@]1(C2(O)CCC2)CC[C@@H](N[C@H]2CCOC[C@H]2OC)C1. The number of ether oxygens (including phenoxy) is 2. The van der Waals surface area contributed by atoms with Crippen molar-refractivity contribution in [2.24, 2.45) is 5.41 Å². The maximum atomic E-state index is 12.6. The van der Waals surface area contributed by atoms with Crippen LogP contribution in [0.25, 0.3) is 0 Å². The molecule has 0 radical (unpaired) electrons. The van der Waals surface area contributed by atoms with Gasteiger partial charge in [-0.15, -0.1) is 0 Å². The van der Waals surface area contributed by atoms with E-state index in [9.17, 15) is 9.90 Å². The van der Waals surface area contributed by atoms with Crippen molar-refractivity contribution in [2.75, 3.05) is 27.4 Å². The van der Waals surface area contributed by atoms with Crippen LogP contribution in [-0.2, 0) is 14.3 Å². The van der Waals surface area contributed by atoms with Crippen LogP contribution in [0.4, 0.5) is 0 Å². The molecule has 3 fully saturated rings. The van der Waals surface area contributed by atoms with Gasteiger partial charge >= 0.3 is 0 Å². The Hall–Kier alpha value is -0.690. The van der Waals surface area contributed by atoms with E-state index in [-0.39, 0.29) is 24.1 Å². The number of hydrogen-bond acceptors (Lipinski definition) is 5. The molecule has 0 bridgehead atoms. The van der Waals surface area contributed by atoms with E-state index in [4.69, 9.17) is 9.47 Å². The third-order valence-electron chi connectivity index (χ3n) is 6.30. The normalized spacial score (nSPS) is 39.7. The van der Waals surface area contributed by atoms with E-state index in [1.807, 2.05) is 0 Å². The van der Waals surface area contributed by atoms with E-state index < -0.39 is 11.0 Å². The number of hydrogen-bond donors (Lipinski definition) is 3. The van der Waals surface area contributed by atoms with Crippen molar-refractivity contribution in [3.05, 3.63) is 0 Å². The van der Waals surface area contributed by atoms with Gasteiger partial charge in [0.05, 0.1) is 23.7 Å². The van der Waals surface area contributed by atoms with Crippen molar-refractivity contribution >= 4 is 5.91 Å². The molecule has 1 aliphatic heterocycles. The van der Waals surface area contributed by atoms with Gasteiger partial charge in [-0.1, -0.05) is 0 Å². The molecule has 6 nitrogen and oxygen atoms in total. The van der Waals surface area contributed by atoms with Gasteiger partial charge in [-0.3, -0.25) is 4.79 Å². The topological polar surface area (TPSA) is 79.8 Å². The van der Waals surface area contributed by atoms with Gasteiger partial charge in [-0.05, 0) is 44.9 Å². The summed E-state index contributed by atoms with van der Waals surface area (Å²) >= 11 is 0. The van der Waals surface area contributed by atoms with Crippen LogP contribution in [0.2, 0.25) is 0 Å². The van der Waals surface area contributed by atoms with Gasteiger partial charge in [0.25, 0.3) is 0 Å². The number of rotatable bonds is 5. The molecule has 1 saturated heterocycles. The molecule has 6 heteroatoms. The first kappa shape index (κ1) is 17.1. The van der Waals surface area contributed by atoms with Gasteiger partial charge in [0.1, 0.15) is 0 Å². The standard InChI is InChI=1S/C17H30N2O4/c1-18-15(20)16(17(21)6-3-7-17)8-4-12(10-16)19-13-5-9-23-11-14(13)22-2/h12-14,19,21H,3-11H2,1-2H3,(H,18,20)/t12-,13+,14-,16-/m1/s1. The maximum Gasteiger partial charge on any atom is 0.228 e. The Morgan fingerprint density at radius 2 is 2.09 bits per heavy atom. The molecule has 0 aromatic rings. The molecule has 0 unspecified atom stereocenters. The van der Waals surface area contributed by atoms with Crippen molar-refractivity contribution in [3.8, 4) is 0 Å². The zero-order chi connectivity index (χ0) is 16.5. The predicted molar refractivity (Wildman–Crippen MR) is 86.1 cm³/mol. The zero-order valence-electron chi connectivity index (χ0n) is 14.3. The Morgan fingerprint density at radius 1 is 1.30 bits per heavy atom. The van der Waals surface area contributed by atoms with Gasteiger partial charge in [0, 0.05) is 32.8 Å². The lowest BCUT2D eigenvalue weighted by Gasteiger charge is -2.49. The van der Waals surface area contributed by atoms with E-state index in [1.54, 1.807) is 14.2 Å². The van der Waals surface area contributed by atoms with Gasteiger partial charge in [0.15, 0.2) is 0 Å². The number of amides is 1. The monoisotopic (exact) mass is 326 g/mol. The summed E-state index contributed by atoms with van der Waals surface area (Å²) in [6.45, 7) is 1.36. The second-order valence-electron chi connectivity index (χ2n) is 7.40. The minimum atomic E-state index is -0.820. The van der Waals surface area contributed by atoms with E-state index in [1.165, 1.54) is 0 Å². The van der Waals surface area contributed by atoms with Crippen molar-refractivity contribution in [1.29, 1.82) is 0 Å². The lowest BCUT2D eigenvalue weighted by atomic mass is 9.59. The average molecular weight is 326 g/mol. The molecule has 3 aliphatic rings. The second kappa shape index (κ2) is 6.67. The highest BCUT2D eigenvalue weighted by molar-refractivity contribution is 5.84. The third-order valence-corrected chi connectivity index (χ3v) is 6.30. The maximum absolute atomic E-state index is 12.6. The molecule has 2 aliphatic carbocycles. The van der Waals surface area contributed by atoms with Gasteiger partial charge < -0.3 is 25.2 Å². The second-order valence-corrected chi connectivity index (χ2v) is 7.40. The molecule has 1 amide bonds. The highest BCUT2D eigenvalue weighted by Crippen LogP contribution is 2.55. The Kier molecular flexibility index (Phi) is 4.97. The highest BCUT2D eigenvalue weighted by Gasteiger charge is 2.61. The summed E-state index contributed by atoms with van der Waals surface area (Å²) in [6, 6.07) is 0.507. The minimum Gasteiger partial charge on any atom is -0.389 e. The molecule has 132 valence electrons. The van der Waals surface area contributed by atoms with E-state index in [2.05, 4.69) is 10.6 Å². The quantitative estimate of drug-likeness (QED) is 0.689. The smallest absolute Gasteiger partial charge is 0.228 e. The van der Waals surface area contributed by atoms with E-state index in [0.29, 0.717) is 13.0 Å². The lowest BCUT2D eigenvalue weighted by Crippen LogP contribution is -2.59. The molecule has 23 heavy (non-hydrogen) atoms. The fourth-order valence-corrected chi connectivity index (χ4v) is 4.69. The number of aliphatic hydroxyl groups is 1. The van der Waals surface area contributed by atoms with Crippen LogP contribution in [0.1, 0.15) is 44.9 Å². The number of carbonyl (C=O) groups excluding carboxylic acids is 1. The van der Waals surface area contributed by atoms with Gasteiger partial charge in [-0.2, -0.15) is 0 Å². The molecule has 3 rings (SSSR count). The Bertz CT molecular complexity index is 440.